The van der Waals surface area contributed by atoms with E-state index in [1.165, 1.54) is 0 Å². The van der Waals surface area contributed by atoms with E-state index in [0.717, 1.165) is 0 Å². The molecule has 0 aliphatic carbocycles. The monoisotopic (exact) mass is 340 g/mol. The lowest BCUT2D eigenvalue weighted by molar-refractivity contribution is -0.206. The predicted octanol–water partition coefficient (Wildman–Crippen LogP) is 1.63. The molecule has 2 rings (SSSR count). The fraction of sp³-hybridized carbons (Fsp3) is 0.750. The lowest BCUT2D eigenvalue weighted by Crippen LogP contribution is -2.48. The molecule has 0 bridgehead atoms. The van der Waals surface area contributed by atoms with Gasteiger partial charge in [0.05, 0.1) is 5.41 Å². The van der Waals surface area contributed by atoms with E-state index in [1.807, 2.05) is 0 Å². The van der Waals surface area contributed by atoms with Crippen LogP contribution in [0, 0.1) is 5.41 Å². The Kier molecular flexibility index (Phi) is 4.87. The largest absolute Gasteiger partial charge is 0.444 e. The Bertz CT molecular complexity index is 541. The first-order valence-electron chi connectivity index (χ1n) is 8.08. The summed E-state index contributed by atoms with van der Waals surface area (Å²) in [6.45, 7) is 7.79. The number of hydrogen-bond acceptors (Lipinski definition) is 6. The van der Waals surface area contributed by atoms with Crippen LogP contribution in [-0.2, 0) is 24.0 Å². The van der Waals surface area contributed by atoms with E-state index in [9.17, 15) is 19.2 Å². The Hall–Kier alpha value is -2.12. The van der Waals surface area contributed by atoms with Gasteiger partial charge in [-0.2, -0.15) is 0 Å². The quantitative estimate of drug-likeness (QED) is 0.709. The van der Waals surface area contributed by atoms with E-state index in [0.29, 0.717) is 31.0 Å². The Morgan fingerprint density at radius 1 is 1.04 bits per heavy atom. The van der Waals surface area contributed by atoms with Gasteiger partial charge in [0.1, 0.15) is 5.60 Å². The van der Waals surface area contributed by atoms with Crippen molar-refractivity contribution >= 4 is 23.9 Å². The van der Waals surface area contributed by atoms with E-state index >= 15 is 0 Å². The van der Waals surface area contributed by atoms with Gasteiger partial charge in [-0.25, -0.2) is 9.59 Å². The van der Waals surface area contributed by atoms with Gasteiger partial charge in [-0.05, 0) is 40.5 Å². The van der Waals surface area contributed by atoms with Crippen molar-refractivity contribution in [2.24, 2.45) is 5.41 Å². The lowest BCUT2D eigenvalue weighted by Gasteiger charge is -2.38. The number of imide groups is 1. The molecule has 0 atom stereocenters. The SMILES string of the molecule is CC(C)(C)OC(=O)N1CCC(C)(C(=O)ON2C(=O)CCC2=O)CC1. The molecule has 8 nitrogen and oxygen atoms in total. The second-order valence-electron chi connectivity index (χ2n) is 7.49. The average molecular weight is 340 g/mol. The summed E-state index contributed by atoms with van der Waals surface area (Å²) >= 11 is 0. The van der Waals surface area contributed by atoms with Gasteiger partial charge in [0, 0.05) is 25.9 Å². The molecule has 2 heterocycles. The molecule has 24 heavy (non-hydrogen) atoms. The highest BCUT2D eigenvalue weighted by Gasteiger charge is 2.43. The zero-order valence-corrected chi connectivity index (χ0v) is 14.6. The summed E-state index contributed by atoms with van der Waals surface area (Å²) in [6, 6.07) is 0. The Labute approximate surface area is 141 Å². The van der Waals surface area contributed by atoms with Crippen molar-refractivity contribution in [1.29, 1.82) is 0 Å². The van der Waals surface area contributed by atoms with Crippen molar-refractivity contribution in [3.8, 4) is 0 Å². The van der Waals surface area contributed by atoms with Crippen LogP contribution in [0.3, 0.4) is 0 Å². The second kappa shape index (κ2) is 6.41. The number of hydroxylamine groups is 2. The number of rotatable bonds is 2. The van der Waals surface area contributed by atoms with Gasteiger partial charge in [0.2, 0.25) is 0 Å². The van der Waals surface area contributed by atoms with Gasteiger partial charge < -0.3 is 14.5 Å². The molecule has 0 radical (unpaired) electrons. The van der Waals surface area contributed by atoms with Crippen LogP contribution in [0.5, 0.6) is 0 Å². The van der Waals surface area contributed by atoms with Crippen LogP contribution in [0.2, 0.25) is 0 Å². The molecule has 8 heteroatoms. The Balaban J connectivity index is 1.91. The maximum Gasteiger partial charge on any atom is 0.410 e. The zero-order chi connectivity index (χ0) is 18.1. The molecule has 2 aliphatic rings. The summed E-state index contributed by atoms with van der Waals surface area (Å²) in [6.07, 6.45) is 0.468. The molecular weight excluding hydrogens is 316 g/mol. The molecule has 2 aliphatic heterocycles. The molecule has 134 valence electrons. The summed E-state index contributed by atoms with van der Waals surface area (Å²) in [5.74, 6) is -1.61. The highest BCUT2D eigenvalue weighted by molar-refractivity contribution is 6.01. The van der Waals surface area contributed by atoms with Crippen molar-refractivity contribution in [3.05, 3.63) is 0 Å². The summed E-state index contributed by atoms with van der Waals surface area (Å²) < 4.78 is 5.31. The topological polar surface area (TPSA) is 93.2 Å². The van der Waals surface area contributed by atoms with E-state index in [2.05, 4.69) is 0 Å². The molecule has 0 N–H and O–H groups in total. The van der Waals surface area contributed by atoms with Crippen LogP contribution in [0.15, 0.2) is 0 Å². The maximum absolute atomic E-state index is 12.4. The Morgan fingerprint density at radius 3 is 2.00 bits per heavy atom. The van der Waals surface area contributed by atoms with Crippen LogP contribution in [0.25, 0.3) is 0 Å². The van der Waals surface area contributed by atoms with Crippen LogP contribution in [0.1, 0.15) is 53.4 Å². The van der Waals surface area contributed by atoms with Crippen molar-refractivity contribution in [2.45, 2.75) is 59.0 Å². The number of amides is 3. The van der Waals surface area contributed by atoms with Crippen molar-refractivity contribution in [1.82, 2.24) is 9.96 Å². The zero-order valence-electron chi connectivity index (χ0n) is 14.6. The molecule has 0 spiro atoms. The molecule has 0 aromatic carbocycles. The fourth-order valence-electron chi connectivity index (χ4n) is 2.56. The molecule has 0 saturated carbocycles. The van der Waals surface area contributed by atoms with Crippen LogP contribution in [0.4, 0.5) is 4.79 Å². The number of hydrogen-bond donors (Lipinski definition) is 0. The first-order chi connectivity index (χ1) is 11.0. The third kappa shape index (κ3) is 4.04. The summed E-state index contributed by atoms with van der Waals surface area (Å²) in [7, 11) is 0. The van der Waals surface area contributed by atoms with Gasteiger partial charge in [0.25, 0.3) is 11.8 Å². The Morgan fingerprint density at radius 2 is 1.54 bits per heavy atom. The smallest absolute Gasteiger partial charge is 0.410 e. The summed E-state index contributed by atoms with van der Waals surface area (Å²) in [4.78, 5) is 54.1. The minimum Gasteiger partial charge on any atom is -0.444 e. The normalized spacial score (nSPS) is 21.0. The van der Waals surface area contributed by atoms with E-state index < -0.39 is 34.9 Å². The van der Waals surface area contributed by atoms with Gasteiger partial charge in [0.15, 0.2) is 0 Å². The van der Waals surface area contributed by atoms with Crippen molar-refractivity contribution in [3.63, 3.8) is 0 Å². The van der Waals surface area contributed by atoms with E-state index in [4.69, 9.17) is 9.57 Å². The first-order valence-corrected chi connectivity index (χ1v) is 8.08. The van der Waals surface area contributed by atoms with Crippen molar-refractivity contribution in [2.75, 3.05) is 13.1 Å². The van der Waals surface area contributed by atoms with Crippen LogP contribution >= 0.6 is 0 Å². The number of nitrogens with zero attached hydrogens (tertiary/aromatic N) is 2. The number of likely N-dealkylation sites (tertiary alicyclic amines) is 1. The minimum absolute atomic E-state index is 0.0647. The van der Waals surface area contributed by atoms with E-state index in [-0.39, 0.29) is 12.8 Å². The molecule has 0 aromatic rings. The average Bonchev–Trinajstić information content (AvgIpc) is 2.78. The number of carbonyl (C=O) groups is 4. The third-order valence-corrected chi connectivity index (χ3v) is 4.19. The molecule has 3 amide bonds. The summed E-state index contributed by atoms with van der Waals surface area (Å²) in [5, 5.41) is 0.563. The standard InChI is InChI=1S/C16H24N2O6/c1-15(2,3)23-14(22)17-9-7-16(4,8-10-17)13(21)24-18-11(19)5-6-12(18)20/h5-10H2,1-4H3. The molecule has 2 fully saturated rings. The number of piperidine rings is 1. The molecular formula is C16H24N2O6. The van der Waals surface area contributed by atoms with Gasteiger partial charge in [-0.3, -0.25) is 9.59 Å². The van der Waals surface area contributed by atoms with Gasteiger partial charge in [-0.15, -0.1) is 5.06 Å². The third-order valence-electron chi connectivity index (χ3n) is 4.19. The number of carbonyl (C=O) groups excluding carboxylic acids is 4. The highest BCUT2D eigenvalue weighted by atomic mass is 16.7. The van der Waals surface area contributed by atoms with Gasteiger partial charge in [-0.1, -0.05) is 0 Å². The molecule has 2 saturated heterocycles. The fourth-order valence-corrected chi connectivity index (χ4v) is 2.56. The van der Waals surface area contributed by atoms with Crippen LogP contribution < -0.4 is 0 Å². The molecule has 0 unspecified atom stereocenters. The van der Waals surface area contributed by atoms with Crippen LogP contribution in [-0.4, -0.2) is 52.5 Å². The highest BCUT2D eigenvalue weighted by Crippen LogP contribution is 2.33. The van der Waals surface area contributed by atoms with E-state index in [1.54, 1.807) is 32.6 Å². The maximum atomic E-state index is 12.4. The van der Waals surface area contributed by atoms with Crippen molar-refractivity contribution < 1.29 is 28.8 Å². The molecule has 0 aromatic heterocycles. The summed E-state index contributed by atoms with van der Waals surface area (Å²) in [5.41, 5.74) is -1.42. The van der Waals surface area contributed by atoms with Gasteiger partial charge >= 0.3 is 12.1 Å². The first kappa shape index (κ1) is 18.2. The number of ether oxygens (including phenoxy) is 1. The lowest BCUT2D eigenvalue weighted by atomic mass is 9.80. The minimum atomic E-state index is -0.846. The second-order valence-corrected chi connectivity index (χ2v) is 7.49. The predicted molar refractivity (Wildman–Crippen MR) is 82.3 cm³/mol.